The molecule has 5 heteroatoms. The minimum Gasteiger partial charge on any atom is -0.392 e. The number of aliphatic hydroxyl groups is 2. The van der Waals surface area contributed by atoms with Crippen LogP contribution in [0.4, 0.5) is 0 Å². The van der Waals surface area contributed by atoms with Crippen LogP contribution in [-0.4, -0.2) is 64.9 Å². The first-order valence-electron chi connectivity index (χ1n) is 8.08. The molecule has 0 spiro atoms. The van der Waals surface area contributed by atoms with Crippen LogP contribution in [0.3, 0.4) is 0 Å². The van der Waals surface area contributed by atoms with Gasteiger partial charge in [0, 0.05) is 49.4 Å². The van der Waals surface area contributed by atoms with Crippen LogP contribution >= 0.6 is 11.6 Å². The summed E-state index contributed by atoms with van der Waals surface area (Å²) in [6, 6.07) is 7.91. The largest absolute Gasteiger partial charge is 0.392 e. The summed E-state index contributed by atoms with van der Waals surface area (Å²) in [5, 5.41) is 20.7. The van der Waals surface area contributed by atoms with E-state index in [4.69, 9.17) is 11.6 Å². The molecular weight excluding hydrogens is 300 g/mol. The average molecular weight is 327 g/mol. The van der Waals surface area contributed by atoms with Crippen LogP contribution in [0.2, 0.25) is 5.02 Å². The minimum absolute atomic E-state index is 0.297. The van der Waals surface area contributed by atoms with Gasteiger partial charge in [-0.15, -0.1) is 0 Å². The SMILES string of the molecule is CC[C@@H]1CN(C[C@H](O)c2ccccc2Cl)CCN1C[C@@H](C)O. The first-order chi connectivity index (χ1) is 10.5. The van der Waals surface area contributed by atoms with E-state index in [0.717, 1.165) is 38.2 Å². The molecule has 1 fully saturated rings. The number of hydrogen-bond acceptors (Lipinski definition) is 4. The third-order valence-electron chi connectivity index (χ3n) is 4.35. The van der Waals surface area contributed by atoms with Crippen LogP contribution in [0, 0.1) is 0 Å². The maximum absolute atomic E-state index is 10.4. The number of nitrogens with zero attached hydrogens (tertiary/aromatic N) is 2. The maximum Gasteiger partial charge on any atom is 0.0931 e. The summed E-state index contributed by atoms with van der Waals surface area (Å²) in [7, 11) is 0. The molecule has 0 amide bonds. The predicted molar refractivity (Wildman–Crippen MR) is 90.2 cm³/mol. The number of β-amino-alcohol motifs (C(OH)–C–C–N with tert-alkyl or cyclic N) is 2. The lowest BCUT2D eigenvalue weighted by molar-refractivity contribution is 0.0171. The molecule has 0 aliphatic carbocycles. The topological polar surface area (TPSA) is 46.9 Å². The molecule has 2 rings (SSSR count). The zero-order chi connectivity index (χ0) is 16.1. The fraction of sp³-hybridized carbons (Fsp3) is 0.647. The number of aliphatic hydroxyl groups excluding tert-OH is 2. The van der Waals surface area contributed by atoms with E-state index in [-0.39, 0.29) is 6.10 Å². The van der Waals surface area contributed by atoms with Crippen molar-refractivity contribution in [1.29, 1.82) is 0 Å². The standard InChI is InChI=1S/C17H27ClN2O2/c1-3-14-11-19(8-9-20(14)10-13(2)21)12-17(22)15-6-4-5-7-16(15)18/h4-7,13-14,17,21-22H,3,8-12H2,1-2H3/t13-,14-,17+/m1/s1. The van der Waals surface area contributed by atoms with E-state index < -0.39 is 6.10 Å². The summed E-state index contributed by atoms with van der Waals surface area (Å²) in [6.45, 7) is 8.09. The minimum atomic E-state index is -0.561. The fourth-order valence-electron chi connectivity index (χ4n) is 3.18. The summed E-state index contributed by atoms with van der Waals surface area (Å²) >= 11 is 6.16. The molecular formula is C17H27ClN2O2. The fourth-order valence-corrected chi connectivity index (χ4v) is 3.44. The number of halogens is 1. The lowest BCUT2D eigenvalue weighted by Crippen LogP contribution is -2.55. The Morgan fingerprint density at radius 2 is 1.95 bits per heavy atom. The van der Waals surface area contributed by atoms with E-state index in [0.29, 0.717) is 17.6 Å². The van der Waals surface area contributed by atoms with E-state index in [2.05, 4.69) is 16.7 Å². The van der Waals surface area contributed by atoms with Gasteiger partial charge in [-0.25, -0.2) is 0 Å². The van der Waals surface area contributed by atoms with Crippen molar-refractivity contribution in [3.63, 3.8) is 0 Å². The van der Waals surface area contributed by atoms with Gasteiger partial charge in [-0.05, 0) is 19.4 Å². The smallest absolute Gasteiger partial charge is 0.0931 e. The van der Waals surface area contributed by atoms with Gasteiger partial charge in [-0.3, -0.25) is 9.80 Å². The third kappa shape index (κ3) is 4.67. The Bertz CT molecular complexity index is 470. The van der Waals surface area contributed by atoms with Crippen LogP contribution in [0.15, 0.2) is 24.3 Å². The molecule has 1 aliphatic heterocycles. The Morgan fingerprint density at radius 3 is 2.59 bits per heavy atom. The highest BCUT2D eigenvalue weighted by molar-refractivity contribution is 6.31. The van der Waals surface area contributed by atoms with Gasteiger partial charge in [0.05, 0.1) is 12.2 Å². The van der Waals surface area contributed by atoms with Crippen LogP contribution in [0.25, 0.3) is 0 Å². The first-order valence-corrected chi connectivity index (χ1v) is 8.46. The number of hydrogen-bond donors (Lipinski definition) is 2. The highest BCUT2D eigenvalue weighted by Gasteiger charge is 2.27. The van der Waals surface area contributed by atoms with Crippen molar-refractivity contribution < 1.29 is 10.2 Å². The van der Waals surface area contributed by atoms with Crippen molar-refractivity contribution in [2.24, 2.45) is 0 Å². The zero-order valence-corrected chi connectivity index (χ0v) is 14.2. The van der Waals surface area contributed by atoms with E-state index >= 15 is 0 Å². The monoisotopic (exact) mass is 326 g/mol. The lowest BCUT2D eigenvalue weighted by atomic mass is 10.1. The Kier molecular flexibility index (Phi) is 6.66. The average Bonchev–Trinajstić information content (AvgIpc) is 2.48. The Hall–Kier alpha value is -0.650. The van der Waals surface area contributed by atoms with Gasteiger partial charge >= 0.3 is 0 Å². The molecule has 4 nitrogen and oxygen atoms in total. The molecule has 0 radical (unpaired) electrons. The second-order valence-corrected chi connectivity index (χ2v) is 6.61. The highest BCUT2D eigenvalue weighted by Crippen LogP contribution is 2.24. The van der Waals surface area contributed by atoms with Gasteiger partial charge in [0.25, 0.3) is 0 Å². The van der Waals surface area contributed by atoms with E-state index in [9.17, 15) is 10.2 Å². The molecule has 124 valence electrons. The Labute approximate surface area is 138 Å². The third-order valence-corrected chi connectivity index (χ3v) is 4.70. The second kappa shape index (κ2) is 8.27. The van der Waals surface area contributed by atoms with Gasteiger partial charge in [0.2, 0.25) is 0 Å². The van der Waals surface area contributed by atoms with Crippen molar-refractivity contribution in [3.8, 4) is 0 Å². The van der Waals surface area contributed by atoms with Gasteiger partial charge in [-0.2, -0.15) is 0 Å². The Balaban J connectivity index is 1.93. The van der Waals surface area contributed by atoms with E-state index in [1.807, 2.05) is 31.2 Å². The summed E-state index contributed by atoms with van der Waals surface area (Å²) in [6.07, 6.45) is 0.189. The molecule has 1 aromatic rings. The van der Waals surface area contributed by atoms with Gasteiger partial charge in [-0.1, -0.05) is 36.7 Å². The van der Waals surface area contributed by atoms with Gasteiger partial charge < -0.3 is 10.2 Å². The molecule has 1 saturated heterocycles. The first kappa shape index (κ1) is 17.7. The number of piperazine rings is 1. The van der Waals surface area contributed by atoms with Crippen LogP contribution in [0.5, 0.6) is 0 Å². The Morgan fingerprint density at radius 1 is 1.23 bits per heavy atom. The lowest BCUT2D eigenvalue weighted by Gasteiger charge is -2.42. The van der Waals surface area contributed by atoms with Gasteiger partial charge in [0.15, 0.2) is 0 Å². The van der Waals surface area contributed by atoms with Crippen LogP contribution in [-0.2, 0) is 0 Å². The second-order valence-electron chi connectivity index (χ2n) is 6.20. The summed E-state index contributed by atoms with van der Waals surface area (Å²) in [5.41, 5.74) is 0.795. The van der Waals surface area contributed by atoms with Crippen molar-refractivity contribution >= 4 is 11.6 Å². The molecule has 1 aliphatic rings. The molecule has 0 saturated carbocycles. The zero-order valence-electron chi connectivity index (χ0n) is 13.5. The summed E-state index contributed by atoms with van der Waals surface area (Å²) < 4.78 is 0. The van der Waals surface area contributed by atoms with Crippen LogP contribution in [0.1, 0.15) is 31.9 Å². The van der Waals surface area contributed by atoms with Crippen molar-refractivity contribution in [2.75, 3.05) is 32.7 Å². The normalized spacial score (nSPS) is 23.4. The molecule has 22 heavy (non-hydrogen) atoms. The van der Waals surface area contributed by atoms with Crippen molar-refractivity contribution in [1.82, 2.24) is 9.80 Å². The van der Waals surface area contributed by atoms with E-state index in [1.165, 1.54) is 0 Å². The molecule has 3 atom stereocenters. The molecule has 2 N–H and O–H groups in total. The maximum atomic E-state index is 10.4. The quantitative estimate of drug-likeness (QED) is 0.841. The summed E-state index contributed by atoms with van der Waals surface area (Å²) in [5.74, 6) is 0. The molecule has 1 heterocycles. The van der Waals surface area contributed by atoms with E-state index in [1.54, 1.807) is 0 Å². The molecule has 0 bridgehead atoms. The van der Waals surface area contributed by atoms with Crippen molar-refractivity contribution in [3.05, 3.63) is 34.9 Å². The highest BCUT2D eigenvalue weighted by atomic mass is 35.5. The van der Waals surface area contributed by atoms with Gasteiger partial charge in [0.1, 0.15) is 0 Å². The molecule has 0 aromatic heterocycles. The summed E-state index contributed by atoms with van der Waals surface area (Å²) in [4.78, 5) is 4.64. The van der Waals surface area contributed by atoms with Crippen LogP contribution < -0.4 is 0 Å². The number of rotatable bonds is 6. The molecule has 1 aromatic carbocycles. The van der Waals surface area contributed by atoms with Crippen molar-refractivity contribution in [2.45, 2.75) is 38.5 Å². The number of benzene rings is 1. The predicted octanol–water partition coefficient (Wildman–Crippen LogP) is 2.15. The molecule has 0 unspecified atom stereocenters.